The average Bonchev–Trinajstić information content (AvgIpc) is 3.07. The van der Waals surface area contributed by atoms with Gasteiger partial charge >= 0.3 is 0 Å². The highest BCUT2D eigenvalue weighted by molar-refractivity contribution is 6.09. The molecule has 2 N–H and O–H groups in total. The fraction of sp³-hybridized carbons (Fsp3) is 0.231. The number of hydrogen-bond acceptors (Lipinski definition) is 4. The summed E-state index contributed by atoms with van der Waals surface area (Å²) < 4.78 is 7.42. The summed E-state index contributed by atoms with van der Waals surface area (Å²) in [6.07, 6.45) is 1.64. The number of hydrogen-bond donors (Lipinski definition) is 2. The van der Waals surface area contributed by atoms with Gasteiger partial charge in [-0.3, -0.25) is 4.79 Å². The maximum Gasteiger partial charge on any atom is 0.266 e. The van der Waals surface area contributed by atoms with Crippen molar-refractivity contribution >= 4 is 29.0 Å². The third kappa shape index (κ3) is 5.45. The number of rotatable bonds is 8. The third-order valence-corrected chi connectivity index (χ3v) is 5.24. The van der Waals surface area contributed by atoms with Crippen molar-refractivity contribution in [1.82, 2.24) is 4.57 Å². The van der Waals surface area contributed by atoms with Gasteiger partial charge in [-0.15, -0.1) is 0 Å². The Labute approximate surface area is 189 Å². The van der Waals surface area contributed by atoms with Crippen molar-refractivity contribution in [3.05, 3.63) is 83.2 Å². The number of ether oxygens (including phenoxy) is 1. The molecule has 3 rings (SSSR count). The SMILES string of the molecule is COCC(C)n1c(C)cc(/C=C(/C#N)C(=O)Nc2ccc(Nc3ccccc3)cc2)c1C. The Morgan fingerprint density at radius 2 is 1.72 bits per heavy atom. The molecule has 6 nitrogen and oxygen atoms in total. The van der Waals surface area contributed by atoms with Crippen LogP contribution in [0.15, 0.2) is 66.2 Å². The van der Waals surface area contributed by atoms with Gasteiger partial charge in [-0.25, -0.2) is 0 Å². The minimum Gasteiger partial charge on any atom is -0.383 e. The molecule has 0 spiro atoms. The van der Waals surface area contributed by atoms with Crippen LogP contribution in [-0.2, 0) is 9.53 Å². The highest BCUT2D eigenvalue weighted by Crippen LogP contribution is 2.24. The van der Waals surface area contributed by atoms with E-state index in [9.17, 15) is 10.1 Å². The number of aromatic nitrogens is 1. The summed E-state index contributed by atoms with van der Waals surface area (Å²) in [6, 6.07) is 21.4. The number of carbonyl (C=O) groups is 1. The number of aryl methyl sites for hydroxylation is 1. The quantitative estimate of drug-likeness (QED) is 0.361. The fourth-order valence-electron chi connectivity index (χ4n) is 3.77. The van der Waals surface area contributed by atoms with Gasteiger partial charge < -0.3 is 19.9 Å². The molecule has 1 heterocycles. The zero-order valence-corrected chi connectivity index (χ0v) is 18.8. The Bertz CT molecular complexity index is 1140. The first-order valence-electron chi connectivity index (χ1n) is 10.5. The molecular formula is C26H28N4O2. The van der Waals surface area contributed by atoms with E-state index in [1.165, 1.54) is 0 Å². The van der Waals surface area contributed by atoms with Crippen molar-refractivity contribution in [3.8, 4) is 6.07 Å². The lowest BCUT2D eigenvalue weighted by Crippen LogP contribution is -2.14. The number of benzene rings is 2. The van der Waals surface area contributed by atoms with Crippen LogP contribution >= 0.6 is 0 Å². The molecule has 32 heavy (non-hydrogen) atoms. The van der Waals surface area contributed by atoms with E-state index in [-0.39, 0.29) is 11.6 Å². The van der Waals surface area contributed by atoms with Gasteiger partial charge in [-0.1, -0.05) is 18.2 Å². The smallest absolute Gasteiger partial charge is 0.266 e. The van der Waals surface area contributed by atoms with Gasteiger partial charge in [-0.05, 0) is 74.9 Å². The van der Waals surface area contributed by atoms with Crippen LogP contribution in [0.1, 0.15) is 29.9 Å². The molecule has 0 aliphatic rings. The second-order valence-corrected chi connectivity index (χ2v) is 7.69. The highest BCUT2D eigenvalue weighted by atomic mass is 16.5. The molecule has 0 saturated heterocycles. The van der Waals surface area contributed by atoms with E-state index >= 15 is 0 Å². The number of nitriles is 1. The molecule has 164 valence electrons. The first kappa shape index (κ1) is 22.9. The average molecular weight is 429 g/mol. The van der Waals surface area contributed by atoms with Crippen molar-refractivity contribution in [2.24, 2.45) is 0 Å². The third-order valence-electron chi connectivity index (χ3n) is 5.24. The second-order valence-electron chi connectivity index (χ2n) is 7.69. The maximum atomic E-state index is 12.7. The van der Waals surface area contributed by atoms with Crippen molar-refractivity contribution in [2.45, 2.75) is 26.8 Å². The van der Waals surface area contributed by atoms with Gasteiger partial charge in [0.1, 0.15) is 11.6 Å². The molecular weight excluding hydrogens is 400 g/mol. The van der Waals surface area contributed by atoms with E-state index < -0.39 is 5.91 Å². The van der Waals surface area contributed by atoms with Crippen molar-refractivity contribution in [2.75, 3.05) is 24.4 Å². The molecule has 2 aromatic carbocycles. The first-order chi connectivity index (χ1) is 15.4. The Hall–Kier alpha value is -3.82. The van der Waals surface area contributed by atoms with E-state index in [2.05, 4.69) is 22.1 Å². The van der Waals surface area contributed by atoms with Crippen LogP contribution in [0.4, 0.5) is 17.1 Å². The lowest BCUT2D eigenvalue weighted by atomic mass is 10.1. The van der Waals surface area contributed by atoms with Gasteiger partial charge in [0.25, 0.3) is 5.91 Å². The van der Waals surface area contributed by atoms with Gasteiger partial charge in [0, 0.05) is 35.6 Å². The Kier molecular flexibility index (Phi) is 7.48. The largest absolute Gasteiger partial charge is 0.383 e. The topological polar surface area (TPSA) is 79.1 Å². The summed E-state index contributed by atoms with van der Waals surface area (Å²) in [4.78, 5) is 12.7. The van der Waals surface area contributed by atoms with E-state index in [4.69, 9.17) is 4.74 Å². The van der Waals surface area contributed by atoms with E-state index in [0.29, 0.717) is 12.3 Å². The number of carbonyl (C=O) groups excluding carboxylic acids is 1. The predicted octanol–water partition coefficient (Wildman–Crippen LogP) is 5.60. The van der Waals surface area contributed by atoms with Crippen molar-refractivity contribution < 1.29 is 9.53 Å². The van der Waals surface area contributed by atoms with Crippen LogP contribution in [0.25, 0.3) is 6.08 Å². The standard InChI is InChI=1S/C26H28N4O2/c1-18-14-21(20(3)30(18)19(2)17-32-4)15-22(16-27)26(31)29-25-12-10-24(11-13-25)28-23-8-6-5-7-9-23/h5-15,19,28H,17H2,1-4H3,(H,29,31)/b22-15-. The minimum atomic E-state index is -0.439. The van der Waals surface area contributed by atoms with Crippen molar-refractivity contribution in [3.63, 3.8) is 0 Å². The summed E-state index contributed by atoms with van der Waals surface area (Å²) in [5.74, 6) is -0.439. The molecule has 0 aliphatic heterocycles. The highest BCUT2D eigenvalue weighted by Gasteiger charge is 2.16. The summed E-state index contributed by atoms with van der Waals surface area (Å²) >= 11 is 0. The molecule has 1 unspecified atom stereocenters. The maximum absolute atomic E-state index is 12.7. The summed E-state index contributed by atoms with van der Waals surface area (Å²) in [7, 11) is 1.67. The molecule has 3 aromatic rings. The zero-order chi connectivity index (χ0) is 23.1. The summed E-state index contributed by atoms with van der Waals surface area (Å²) in [5.41, 5.74) is 5.45. The van der Waals surface area contributed by atoms with Crippen LogP contribution in [0.3, 0.4) is 0 Å². The molecule has 0 saturated carbocycles. The van der Waals surface area contributed by atoms with Crippen LogP contribution in [0.5, 0.6) is 0 Å². The molecule has 1 aromatic heterocycles. The van der Waals surface area contributed by atoms with E-state index in [1.54, 1.807) is 25.3 Å². The number of para-hydroxylation sites is 1. The fourth-order valence-corrected chi connectivity index (χ4v) is 3.77. The Morgan fingerprint density at radius 3 is 2.34 bits per heavy atom. The Balaban J connectivity index is 1.73. The van der Waals surface area contributed by atoms with Crippen LogP contribution < -0.4 is 10.6 Å². The predicted molar refractivity (Wildman–Crippen MR) is 129 cm³/mol. The van der Waals surface area contributed by atoms with E-state index in [1.807, 2.05) is 68.4 Å². The van der Waals surface area contributed by atoms with Crippen LogP contribution in [0.2, 0.25) is 0 Å². The summed E-state index contributed by atoms with van der Waals surface area (Å²) in [5, 5.41) is 15.7. The van der Waals surface area contributed by atoms with Crippen LogP contribution in [0, 0.1) is 25.2 Å². The lowest BCUT2D eigenvalue weighted by Gasteiger charge is -2.17. The molecule has 0 aliphatic carbocycles. The number of methoxy groups -OCH3 is 1. The molecule has 1 amide bonds. The number of nitrogens with zero attached hydrogens (tertiary/aromatic N) is 2. The molecule has 6 heteroatoms. The van der Waals surface area contributed by atoms with Crippen molar-refractivity contribution in [1.29, 1.82) is 5.26 Å². The Morgan fingerprint density at radius 1 is 1.09 bits per heavy atom. The zero-order valence-electron chi connectivity index (χ0n) is 18.8. The van der Waals surface area contributed by atoms with Crippen LogP contribution in [-0.4, -0.2) is 24.2 Å². The molecule has 0 bridgehead atoms. The molecule has 0 fully saturated rings. The summed E-state index contributed by atoms with van der Waals surface area (Å²) in [6.45, 7) is 6.65. The second kappa shape index (κ2) is 10.5. The van der Waals surface area contributed by atoms with Gasteiger partial charge in [-0.2, -0.15) is 5.26 Å². The monoisotopic (exact) mass is 428 g/mol. The first-order valence-corrected chi connectivity index (χ1v) is 10.5. The van der Waals surface area contributed by atoms with Gasteiger partial charge in [0.2, 0.25) is 0 Å². The van der Waals surface area contributed by atoms with Gasteiger partial charge in [0.05, 0.1) is 12.6 Å². The van der Waals surface area contributed by atoms with Gasteiger partial charge in [0.15, 0.2) is 0 Å². The van der Waals surface area contributed by atoms with E-state index in [0.717, 1.165) is 28.3 Å². The lowest BCUT2D eigenvalue weighted by molar-refractivity contribution is -0.112. The minimum absolute atomic E-state index is 0.0520. The normalized spacial score (nSPS) is 12.2. The molecule has 0 radical (unpaired) electrons. The number of anilines is 3. The number of nitrogens with one attached hydrogen (secondary N) is 2. The molecule has 1 atom stereocenters. The number of amides is 1.